The zero-order valence-corrected chi connectivity index (χ0v) is 18.6. The average Bonchev–Trinajstić information content (AvgIpc) is 2.73. The number of pyridine rings is 1. The van der Waals surface area contributed by atoms with E-state index in [2.05, 4.69) is 10.3 Å². The van der Waals surface area contributed by atoms with Gasteiger partial charge < -0.3 is 19.5 Å². The van der Waals surface area contributed by atoms with E-state index in [0.717, 1.165) is 40.1 Å². The van der Waals surface area contributed by atoms with E-state index in [1.165, 1.54) is 0 Å². The van der Waals surface area contributed by atoms with Crippen LogP contribution in [0, 0.1) is 13.8 Å². The Kier molecular flexibility index (Phi) is 6.65. The first-order chi connectivity index (χ1) is 14.4. The van der Waals surface area contributed by atoms with Gasteiger partial charge in [0, 0.05) is 17.5 Å². The lowest BCUT2D eigenvalue weighted by Gasteiger charge is -2.32. The molecular weight excluding hydrogens is 380 g/mol. The van der Waals surface area contributed by atoms with Crippen molar-refractivity contribution in [2.24, 2.45) is 0 Å². The third-order valence-electron chi connectivity index (χ3n) is 5.20. The van der Waals surface area contributed by atoms with Gasteiger partial charge in [0.1, 0.15) is 5.75 Å². The van der Waals surface area contributed by atoms with Crippen molar-refractivity contribution in [1.29, 1.82) is 0 Å². The number of carbonyl (C=O) groups excluding carboxylic acids is 1. The first-order valence-electron chi connectivity index (χ1n) is 10.3. The van der Waals surface area contributed by atoms with Crippen LogP contribution in [-0.2, 0) is 9.53 Å². The summed E-state index contributed by atoms with van der Waals surface area (Å²) in [6.45, 7) is 10.6. The quantitative estimate of drug-likeness (QED) is 0.656. The Morgan fingerprint density at radius 2 is 1.97 bits per heavy atom. The van der Waals surface area contributed by atoms with Gasteiger partial charge >= 0.3 is 5.97 Å². The molecule has 0 radical (unpaired) electrons. The molecular formula is C24H30N2O4. The molecule has 0 amide bonds. The van der Waals surface area contributed by atoms with Crippen LogP contribution in [-0.4, -0.2) is 31.3 Å². The molecule has 2 heterocycles. The fraction of sp³-hybridized carbons (Fsp3) is 0.417. The summed E-state index contributed by atoms with van der Waals surface area (Å²) < 4.78 is 17.2. The molecule has 0 aliphatic carbocycles. The molecule has 1 N–H and O–H groups in total. The molecule has 1 aromatic heterocycles. The average molecular weight is 411 g/mol. The number of benzene rings is 1. The van der Waals surface area contributed by atoms with Crippen LogP contribution >= 0.6 is 0 Å². The Bertz CT molecular complexity index is 981. The molecule has 2 aromatic rings. The first kappa shape index (κ1) is 21.7. The number of aryl methyl sites for hydroxylation is 2. The molecule has 0 saturated heterocycles. The largest absolute Gasteiger partial charge is 0.496 e. The van der Waals surface area contributed by atoms with E-state index in [4.69, 9.17) is 14.2 Å². The number of ether oxygens (including phenoxy) is 3. The van der Waals surface area contributed by atoms with Gasteiger partial charge in [-0.3, -0.25) is 0 Å². The molecule has 1 aromatic carbocycles. The zero-order valence-electron chi connectivity index (χ0n) is 18.6. The molecule has 0 saturated carbocycles. The third kappa shape index (κ3) is 3.99. The second-order valence-electron chi connectivity index (χ2n) is 7.45. The van der Waals surface area contributed by atoms with Crippen molar-refractivity contribution in [3.63, 3.8) is 0 Å². The molecule has 6 heteroatoms. The van der Waals surface area contributed by atoms with E-state index < -0.39 is 5.92 Å². The number of allylic oxidation sites excluding steroid dienone is 1. The second-order valence-corrected chi connectivity index (χ2v) is 7.45. The molecule has 0 spiro atoms. The maximum Gasteiger partial charge on any atom is 0.336 e. The van der Waals surface area contributed by atoms with E-state index in [1.54, 1.807) is 13.3 Å². The van der Waals surface area contributed by atoms with E-state index in [-0.39, 0.29) is 5.97 Å². The molecule has 0 fully saturated rings. The van der Waals surface area contributed by atoms with Crippen LogP contribution < -0.4 is 14.8 Å². The number of carbonyl (C=O) groups is 1. The van der Waals surface area contributed by atoms with Crippen LogP contribution in [0.1, 0.15) is 55.4 Å². The molecule has 30 heavy (non-hydrogen) atoms. The summed E-state index contributed by atoms with van der Waals surface area (Å²) >= 11 is 0. The van der Waals surface area contributed by atoms with Gasteiger partial charge in [-0.15, -0.1) is 0 Å². The Labute approximate surface area is 178 Å². The zero-order chi connectivity index (χ0) is 21.8. The van der Waals surface area contributed by atoms with Crippen molar-refractivity contribution in [2.75, 3.05) is 25.6 Å². The maximum atomic E-state index is 13.2. The predicted molar refractivity (Wildman–Crippen MR) is 117 cm³/mol. The predicted octanol–water partition coefficient (Wildman–Crippen LogP) is 4.89. The van der Waals surface area contributed by atoms with E-state index >= 15 is 0 Å². The minimum atomic E-state index is -0.421. The van der Waals surface area contributed by atoms with E-state index in [0.29, 0.717) is 30.4 Å². The number of esters is 1. The first-order valence-corrected chi connectivity index (χ1v) is 10.3. The molecule has 160 valence electrons. The second kappa shape index (κ2) is 9.20. The lowest BCUT2D eigenvalue weighted by Crippen LogP contribution is -2.26. The van der Waals surface area contributed by atoms with Crippen LogP contribution in [0.25, 0.3) is 0 Å². The molecule has 1 atom stereocenters. The van der Waals surface area contributed by atoms with Crippen molar-refractivity contribution in [3.8, 4) is 11.6 Å². The SMILES string of the molecule is CCCOC(=O)C1=C(C)Nc2c(C)cnc(OCC)c2C1c1ccc(C)cc1OC. The number of hydrogen-bond donors (Lipinski definition) is 1. The molecule has 3 rings (SSSR count). The highest BCUT2D eigenvalue weighted by Gasteiger charge is 2.38. The molecule has 0 bridgehead atoms. The van der Waals surface area contributed by atoms with Gasteiger partial charge in [0.05, 0.1) is 43.1 Å². The number of methoxy groups -OCH3 is 1. The van der Waals surface area contributed by atoms with Crippen LogP contribution in [0.5, 0.6) is 11.6 Å². The van der Waals surface area contributed by atoms with E-state index in [9.17, 15) is 4.79 Å². The number of anilines is 1. The fourth-order valence-corrected chi connectivity index (χ4v) is 3.82. The molecule has 1 aliphatic heterocycles. The molecule has 1 unspecified atom stereocenters. The van der Waals surface area contributed by atoms with Crippen molar-refractivity contribution in [2.45, 2.75) is 47.0 Å². The van der Waals surface area contributed by atoms with Crippen molar-refractivity contribution in [3.05, 3.63) is 57.9 Å². The Hall–Kier alpha value is -3.02. The minimum absolute atomic E-state index is 0.343. The summed E-state index contributed by atoms with van der Waals surface area (Å²) in [5.74, 6) is 0.455. The summed E-state index contributed by atoms with van der Waals surface area (Å²) in [4.78, 5) is 17.7. The van der Waals surface area contributed by atoms with Crippen molar-refractivity contribution in [1.82, 2.24) is 4.98 Å². The summed E-state index contributed by atoms with van der Waals surface area (Å²) in [5, 5.41) is 3.40. The number of aromatic nitrogens is 1. The van der Waals surface area contributed by atoms with Crippen LogP contribution in [0.3, 0.4) is 0 Å². The summed E-state index contributed by atoms with van der Waals surface area (Å²) in [6, 6.07) is 6.00. The Balaban J connectivity index is 2.30. The van der Waals surface area contributed by atoms with Gasteiger partial charge in [0.2, 0.25) is 5.88 Å². The molecule has 1 aliphatic rings. The highest BCUT2D eigenvalue weighted by atomic mass is 16.5. The van der Waals surface area contributed by atoms with E-state index in [1.807, 2.05) is 52.8 Å². The highest BCUT2D eigenvalue weighted by Crippen LogP contribution is 2.49. The standard InChI is InChI=1S/C24H30N2O4/c1-7-11-30-24(27)19-16(5)26-22-15(4)13-25-23(29-8-2)21(22)20(19)17-10-9-14(3)12-18(17)28-6/h9-10,12-13,20,26H,7-8,11H2,1-6H3. The number of nitrogens with zero attached hydrogens (tertiary/aromatic N) is 1. The summed E-state index contributed by atoms with van der Waals surface area (Å²) in [5.41, 5.74) is 5.97. The maximum absolute atomic E-state index is 13.2. The van der Waals surface area contributed by atoms with Crippen LogP contribution in [0.4, 0.5) is 5.69 Å². The van der Waals surface area contributed by atoms with Crippen LogP contribution in [0.15, 0.2) is 35.7 Å². The topological polar surface area (TPSA) is 69.7 Å². The molecule has 6 nitrogen and oxygen atoms in total. The third-order valence-corrected chi connectivity index (χ3v) is 5.20. The number of nitrogens with one attached hydrogen (secondary N) is 1. The fourth-order valence-electron chi connectivity index (χ4n) is 3.82. The number of hydrogen-bond acceptors (Lipinski definition) is 6. The van der Waals surface area contributed by atoms with Gasteiger partial charge in [0.25, 0.3) is 0 Å². The van der Waals surface area contributed by atoms with Gasteiger partial charge in [0.15, 0.2) is 0 Å². The van der Waals surface area contributed by atoms with Gasteiger partial charge in [-0.2, -0.15) is 0 Å². The van der Waals surface area contributed by atoms with Crippen LogP contribution in [0.2, 0.25) is 0 Å². The lowest BCUT2D eigenvalue weighted by molar-refractivity contribution is -0.139. The van der Waals surface area contributed by atoms with Crippen molar-refractivity contribution >= 4 is 11.7 Å². The summed E-state index contributed by atoms with van der Waals surface area (Å²) in [7, 11) is 1.64. The van der Waals surface area contributed by atoms with Crippen molar-refractivity contribution < 1.29 is 19.0 Å². The number of fused-ring (bicyclic) bond motifs is 1. The monoisotopic (exact) mass is 410 g/mol. The highest BCUT2D eigenvalue weighted by molar-refractivity contribution is 5.95. The number of rotatable bonds is 7. The normalized spacial score (nSPS) is 15.3. The van der Waals surface area contributed by atoms with Gasteiger partial charge in [-0.05, 0) is 51.3 Å². The minimum Gasteiger partial charge on any atom is -0.496 e. The Morgan fingerprint density at radius 1 is 1.20 bits per heavy atom. The van der Waals surface area contributed by atoms with Gasteiger partial charge in [-0.25, -0.2) is 9.78 Å². The smallest absolute Gasteiger partial charge is 0.336 e. The van der Waals surface area contributed by atoms with Gasteiger partial charge in [-0.1, -0.05) is 19.1 Å². The lowest BCUT2D eigenvalue weighted by atomic mass is 9.79. The Morgan fingerprint density at radius 3 is 2.63 bits per heavy atom. The summed E-state index contributed by atoms with van der Waals surface area (Å²) in [6.07, 6.45) is 2.54.